The fourth-order valence-corrected chi connectivity index (χ4v) is 0.750. The van der Waals surface area contributed by atoms with Gasteiger partial charge in [0.25, 0.3) is 0 Å². The molecule has 0 bridgehead atoms. The van der Waals surface area contributed by atoms with Gasteiger partial charge >= 0.3 is 0 Å². The topological polar surface area (TPSA) is 71.8 Å². The third kappa shape index (κ3) is 2.69. The van der Waals surface area contributed by atoms with E-state index in [9.17, 15) is 0 Å². The van der Waals surface area contributed by atoms with Crippen LogP contribution in [0.2, 0.25) is 0 Å². The highest BCUT2D eigenvalue weighted by Crippen LogP contribution is 2.15. The summed E-state index contributed by atoms with van der Waals surface area (Å²) in [5.41, 5.74) is -0.127. The van der Waals surface area contributed by atoms with Gasteiger partial charge in [-0.15, -0.1) is 20.4 Å². The number of aromatic nitrogens is 4. The van der Waals surface area contributed by atoms with Crippen LogP contribution in [-0.2, 0) is 11.8 Å². The van der Waals surface area contributed by atoms with Crippen LogP contribution in [0.1, 0.15) is 32.4 Å². The zero-order chi connectivity index (χ0) is 9.90. The zero-order valence-electron chi connectivity index (χ0n) is 8.15. The van der Waals surface area contributed by atoms with E-state index < -0.39 is 0 Å². The predicted molar refractivity (Wildman–Crippen MR) is 47.1 cm³/mol. The van der Waals surface area contributed by atoms with Crippen LogP contribution in [0.4, 0.5) is 0 Å². The molecular weight excluding hydrogens is 168 g/mol. The van der Waals surface area contributed by atoms with Crippen LogP contribution in [0, 0.1) is 0 Å². The molecule has 1 N–H and O–H groups in total. The van der Waals surface area contributed by atoms with E-state index in [0.29, 0.717) is 18.1 Å². The molecule has 0 saturated carbocycles. The lowest BCUT2D eigenvalue weighted by molar-refractivity contribution is 0.295. The van der Waals surface area contributed by atoms with Crippen molar-refractivity contribution < 1.29 is 5.11 Å². The second kappa shape index (κ2) is 3.74. The summed E-state index contributed by atoms with van der Waals surface area (Å²) in [6.07, 6.45) is 0.407. The van der Waals surface area contributed by atoms with E-state index in [1.165, 1.54) is 0 Å². The van der Waals surface area contributed by atoms with Crippen molar-refractivity contribution in [3.8, 4) is 0 Å². The summed E-state index contributed by atoms with van der Waals surface area (Å²) in [6, 6.07) is 0. The molecule has 0 aliphatic rings. The maximum Gasteiger partial charge on any atom is 0.178 e. The molecule has 0 aliphatic heterocycles. The van der Waals surface area contributed by atoms with E-state index in [2.05, 4.69) is 20.4 Å². The van der Waals surface area contributed by atoms with Crippen LogP contribution >= 0.6 is 0 Å². The highest BCUT2D eigenvalue weighted by Gasteiger charge is 2.18. The van der Waals surface area contributed by atoms with Crippen LogP contribution in [0.15, 0.2) is 0 Å². The Balaban J connectivity index is 2.81. The molecule has 0 aliphatic carbocycles. The molecule has 0 spiro atoms. The van der Waals surface area contributed by atoms with Gasteiger partial charge in [-0.1, -0.05) is 20.8 Å². The number of hydrogen-bond acceptors (Lipinski definition) is 5. The second-order valence-corrected chi connectivity index (χ2v) is 3.86. The van der Waals surface area contributed by atoms with Gasteiger partial charge in [-0.25, -0.2) is 0 Å². The molecule has 0 fully saturated rings. The predicted octanol–water partition coefficient (Wildman–Crippen LogP) is 0.0989. The summed E-state index contributed by atoms with van der Waals surface area (Å²) in [7, 11) is 0. The number of aliphatic hydroxyl groups excluding tert-OH is 1. The van der Waals surface area contributed by atoms with Gasteiger partial charge in [0.05, 0.1) is 6.61 Å². The summed E-state index contributed by atoms with van der Waals surface area (Å²) in [5, 5.41) is 24.2. The molecule has 1 aromatic rings. The Morgan fingerprint density at radius 2 is 1.62 bits per heavy atom. The summed E-state index contributed by atoms with van der Waals surface area (Å²) in [6.45, 7) is 6.02. The lowest BCUT2D eigenvalue weighted by atomic mass is 9.96. The summed E-state index contributed by atoms with van der Waals surface area (Å²) >= 11 is 0. The van der Waals surface area contributed by atoms with E-state index in [0.717, 1.165) is 0 Å². The van der Waals surface area contributed by atoms with Crippen molar-refractivity contribution >= 4 is 0 Å². The Bertz CT molecular complexity index is 264. The van der Waals surface area contributed by atoms with Gasteiger partial charge in [0.15, 0.2) is 11.6 Å². The molecule has 0 aromatic carbocycles. The molecule has 0 unspecified atom stereocenters. The first kappa shape index (κ1) is 9.98. The average molecular weight is 182 g/mol. The Labute approximate surface area is 77.2 Å². The quantitative estimate of drug-likeness (QED) is 0.702. The summed E-state index contributed by atoms with van der Waals surface area (Å²) < 4.78 is 0. The normalized spacial score (nSPS) is 11.7. The smallest absolute Gasteiger partial charge is 0.178 e. The minimum Gasteiger partial charge on any atom is -0.396 e. The van der Waals surface area contributed by atoms with Gasteiger partial charge in [-0.3, -0.25) is 0 Å². The van der Waals surface area contributed by atoms with E-state index >= 15 is 0 Å². The van der Waals surface area contributed by atoms with Crippen LogP contribution in [-0.4, -0.2) is 32.1 Å². The maximum absolute atomic E-state index is 8.61. The number of hydrogen-bond donors (Lipinski definition) is 1. The number of rotatable bonds is 2. The summed E-state index contributed by atoms with van der Waals surface area (Å²) in [5.74, 6) is 1.10. The van der Waals surface area contributed by atoms with Gasteiger partial charge in [0.2, 0.25) is 0 Å². The van der Waals surface area contributed by atoms with Crippen molar-refractivity contribution in [1.82, 2.24) is 20.4 Å². The minimum atomic E-state index is -0.127. The first-order valence-corrected chi connectivity index (χ1v) is 4.21. The highest BCUT2D eigenvalue weighted by atomic mass is 16.3. The lowest BCUT2D eigenvalue weighted by Crippen LogP contribution is -2.19. The Morgan fingerprint density at radius 1 is 1.08 bits per heavy atom. The van der Waals surface area contributed by atoms with Crippen molar-refractivity contribution in [2.24, 2.45) is 0 Å². The standard InChI is InChI=1S/C8H14N4O/c1-8(2,3)7-11-9-6(4-5-13)10-12-7/h13H,4-5H2,1-3H3. The van der Waals surface area contributed by atoms with Crippen LogP contribution < -0.4 is 0 Å². The van der Waals surface area contributed by atoms with E-state index in [1.807, 2.05) is 20.8 Å². The lowest BCUT2D eigenvalue weighted by Gasteiger charge is -2.13. The van der Waals surface area contributed by atoms with Crippen molar-refractivity contribution in [2.45, 2.75) is 32.6 Å². The maximum atomic E-state index is 8.61. The van der Waals surface area contributed by atoms with Crippen LogP contribution in [0.3, 0.4) is 0 Å². The third-order valence-corrected chi connectivity index (χ3v) is 1.53. The zero-order valence-corrected chi connectivity index (χ0v) is 8.15. The Kier molecular flexibility index (Phi) is 2.87. The minimum absolute atomic E-state index is 0.0260. The van der Waals surface area contributed by atoms with Gasteiger partial charge in [0, 0.05) is 11.8 Å². The Morgan fingerprint density at radius 3 is 2.00 bits per heavy atom. The molecule has 5 nitrogen and oxygen atoms in total. The van der Waals surface area contributed by atoms with Crippen molar-refractivity contribution in [1.29, 1.82) is 0 Å². The molecule has 5 heteroatoms. The fraction of sp³-hybridized carbons (Fsp3) is 0.750. The second-order valence-electron chi connectivity index (χ2n) is 3.86. The molecule has 1 rings (SSSR count). The molecule has 0 amide bonds. The van der Waals surface area contributed by atoms with Crippen LogP contribution in [0.25, 0.3) is 0 Å². The number of nitrogens with zero attached hydrogens (tertiary/aromatic N) is 4. The number of aliphatic hydroxyl groups is 1. The average Bonchev–Trinajstić information content (AvgIpc) is 2.04. The monoisotopic (exact) mass is 182 g/mol. The molecule has 0 atom stereocenters. The van der Waals surface area contributed by atoms with Crippen LogP contribution in [0.5, 0.6) is 0 Å². The summed E-state index contributed by atoms with van der Waals surface area (Å²) in [4.78, 5) is 0. The molecule has 13 heavy (non-hydrogen) atoms. The van der Waals surface area contributed by atoms with Crippen molar-refractivity contribution in [2.75, 3.05) is 6.61 Å². The largest absolute Gasteiger partial charge is 0.396 e. The molecule has 0 saturated heterocycles. The van der Waals surface area contributed by atoms with Crippen molar-refractivity contribution in [3.05, 3.63) is 11.6 Å². The van der Waals surface area contributed by atoms with E-state index in [-0.39, 0.29) is 12.0 Å². The molecule has 1 heterocycles. The first-order chi connectivity index (χ1) is 6.04. The van der Waals surface area contributed by atoms with E-state index in [1.54, 1.807) is 0 Å². The third-order valence-electron chi connectivity index (χ3n) is 1.53. The molecule has 0 radical (unpaired) electrons. The van der Waals surface area contributed by atoms with E-state index in [4.69, 9.17) is 5.11 Å². The van der Waals surface area contributed by atoms with Gasteiger partial charge in [-0.05, 0) is 0 Å². The fourth-order valence-electron chi connectivity index (χ4n) is 0.750. The van der Waals surface area contributed by atoms with Gasteiger partial charge in [0.1, 0.15) is 0 Å². The van der Waals surface area contributed by atoms with Crippen molar-refractivity contribution in [3.63, 3.8) is 0 Å². The highest BCUT2D eigenvalue weighted by molar-refractivity contribution is 4.96. The Hall–Kier alpha value is -1.10. The van der Waals surface area contributed by atoms with Gasteiger partial charge in [-0.2, -0.15) is 0 Å². The first-order valence-electron chi connectivity index (χ1n) is 4.21. The molecular formula is C8H14N4O. The molecule has 72 valence electrons. The van der Waals surface area contributed by atoms with Gasteiger partial charge < -0.3 is 5.11 Å². The SMILES string of the molecule is CC(C)(C)c1nnc(CCO)nn1. The molecule has 1 aromatic heterocycles.